The summed E-state index contributed by atoms with van der Waals surface area (Å²) in [6, 6.07) is 108. The minimum Gasteiger partial charge on any atom is -0.310 e. The summed E-state index contributed by atoms with van der Waals surface area (Å²) in [5, 5.41) is 30.1. The Hall–Kier alpha value is -10.5. The minimum absolute atomic E-state index is 1.11. The summed E-state index contributed by atoms with van der Waals surface area (Å²) in [5.41, 5.74) is 6.68. The quantitative estimate of drug-likeness (QED) is 0.121. The van der Waals surface area contributed by atoms with E-state index in [1.807, 2.05) is 0 Å². The summed E-state index contributed by atoms with van der Waals surface area (Å²) in [4.78, 5) is 4.86. The molecular formula is C78H48N2. The highest BCUT2D eigenvalue weighted by molar-refractivity contribution is 6.34. The number of hydrogen-bond donors (Lipinski definition) is 0. The first-order valence-electron chi connectivity index (χ1n) is 27.7. The summed E-state index contributed by atoms with van der Waals surface area (Å²) in [6.45, 7) is 0. The molecule has 17 rings (SSSR count). The van der Waals surface area contributed by atoms with Crippen LogP contribution in [0.4, 0.5) is 34.1 Å². The van der Waals surface area contributed by atoms with E-state index in [2.05, 4.69) is 301 Å². The maximum Gasteiger partial charge on any atom is 0.0468 e. The third-order valence-corrected chi connectivity index (χ3v) is 17.3. The molecule has 0 aliphatic carbocycles. The number of rotatable bonds is 6. The second-order valence-electron chi connectivity index (χ2n) is 21.5. The fourth-order valence-electron chi connectivity index (χ4n) is 13.8. The molecule has 0 N–H and O–H groups in total. The minimum atomic E-state index is 1.11. The van der Waals surface area contributed by atoms with Crippen molar-refractivity contribution in [3.05, 3.63) is 291 Å². The smallest absolute Gasteiger partial charge is 0.0468 e. The first-order valence-corrected chi connectivity index (χ1v) is 27.7. The fourth-order valence-corrected chi connectivity index (χ4v) is 13.8. The molecule has 0 aromatic heterocycles. The highest BCUT2D eigenvalue weighted by atomic mass is 15.1. The Bertz CT molecular complexity index is 5020. The van der Waals surface area contributed by atoms with Crippen molar-refractivity contribution in [1.82, 2.24) is 0 Å². The van der Waals surface area contributed by atoms with E-state index in [-0.39, 0.29) is 0 Å². The molecule has 80 heavy (non-hydrogen) atoms. The molecule has 17 aromatic rings. The Balaban J connectivity index is 0.863. The van der Waals surface area contributed by atoms with Crippen molar-refractivity contribution in [2.24, 2.45) is 0 Å². The maximum atomic E-state index is 2.49. The van der Waals surface area contributed by atoms with Crippen LogP contribution in [0.15, 0.2) is 291 Å². The third-order valence-electron chi connectivity index (χ3n) is 17.3. The number of hydrogen-bond acceptors (Lipinski definition) is 2. The zero-order valence-electron chi connectivity index (χ0n) is 43.6. The summed E-state index contributed by atoms with van der Waals surface area (Å²) >= 11 is 0. The monoisotopic (exact) mass is 1010 g/mol. The van der Waals surface area contributed by atoms with E-state index in [1.54, 1.807) is 0 Å². The standard InChI is InChI=1S/C78H48N2/c1-3-19-49(20-4-1)79(51-35-39-67-59-27-9-7-23-55(59)57-25-11-13-29-61(57)71(67)43-51)53-37-41-69-73(45-53)63-31-15-17-33-65(63)75-48-78-70-42-38-54(46-74(70)64-32-16-18-34-66(64)76(78)47-77(69)75)80(50-21-5-2-6-22-50)52-36-40-68-60-28-10-8-24-56(60)58-26-12-14-30-62(58)72(68)44-52/h1-48H. The van der Waals surface area contributed by atoms with Crippen LogP contribution in [0.3, 0.4) is 0 Å². The van der Waals surface area contributed by atoms with Gasteiger partial charge in [-0.15, -0.1) is 0 Å². The van der Waals surface area contributed by atoms with Gasteiger partial charge >= 0.3 is 0 Å². The summed E-state index contributed by atoms with van der Waals surface area (Å²) in [7, 11) is 0. The SMILES string of the molecule is c1ccc(N(c2ccc3c4ccccc4c4ccccc4c3c2)c2ccc3c(c2)c2ccccc2c2cc4c5ccc(N(c6ccccc6)c6ccc7c8ccccc8c8ccccc8c7c6)cc5c5ccccc5c4cc32)cc1. The van der Waals surface area contributed by atoms with Gasteiger partial charge < -0.3 is 9.80 Å². The lowest BCUT2D eigenvalue weighted by molar-refractivity contribution is 1.30. The Kier molecular flexibility index (Phi) is 9.75. The topological polar surface area (TPSA) is 6.48 Å². The van der Waals surface area contributed by atoms with Crippen LogP contribution in [0.2, 0.25) is 0 Å². The molecule has 0 heterocycles. The van der Waals surface area contributed by atoms with Gasteiger partial charge in [-0.3, -0.25) is 0 Å². The van der Waals surface area contributed by atoms with Crippen molar-refractivity contribution in [2.45, 2.75) is 0 Å². The second kappa shape index (κ2) is 17.5. The van der Waals surface area contributed by atoms with Crippen LogP contribution in [0.5, 0.6) is 0 Å². The van der Waals surface area contributed by atoms with E-state index < -0.39 is 0 Å². The summed E-state index contributed by atoms with van der Waals surface area (Å²) < 4.78 is 0. The van der Waals surface area contributed by atoms with Gasteiger partial charge in [0.1, 0.15) is 0 Å². The largest absolute Gasteiger partial charge is 0.310 e. The molecule has 370 valence electrons. The van der Waals surface area contributed by atoms with Gasteiger partial charge in [0.2, 0.25) is 0 Å². The van der Waals surface area contributed by atoms with E-state index in [0.717, 1.165) is 34.1 Å². The van der Waals surface area contributed by atoms with Crippen molar-refractivity contribution in [3.63, 3.8) is 0 Å². The Labute approximate surface area is 461 Å². The van der Waals surface area contributed by atoms with Crippen molar-refractivity contribution < 1.29 is 0 Å². The zero-order chi connectivity index (χ0) is 52.4. The van der Waals surface area contributed by atoms with Gasteiger partial charge in [0.15, 0.2) is 0 Å². The Morgan fingerprint density at radius 2 is 0.275 bits per heavy atom. The second-order valence-corrected chi connectivity index (χ2v) is 21.5. The number of fused-ring (bicyclic) bond motifs is 24. The average Bonchev–Trinajstić information content (AvgIpc) is 3.54. The van der Waals surface area contributed by atoms with Crippen molar-refractivity contribution >= 4 is 163 Å². The van der Waals surface area contributed by atoms with Gasteiger partial charge in [0.05, 0.1) is 0 Å². The lowest BCUT2D eigenvalue weighted by atomic mass is 9.88. The van der Waals surface area contributed by atoms with Crippen molar-refractivity contribution in [2.75, 3.05) is 9.80 Å². The zero-order valence-corrected chi connectivity index (χ0v) is 43.6. The molecule has 0 atom stereocenters. The van der Waals surface area contributed by atoms with Crippen molar-refractivity contribution in [1.29, 1.82) is 0 Å². The highest BCUT2D eigenvalue weighted by Gasteiger charge is 2.21. The molecule has 0 aliphatic rings. The number of benzene rings is 17. The molecular weight excluding hydrogens is 965 g/mol. The van der Waals surface area contributed by atoms with Gasteiger partial charge in [-0.1, -0.05) is 206 Å². The fraction of sp³-hybridized carbons (Fsp3) is 0. The molecule has 0 fully saturated rings. The average molecular weight is 1010 g/mol. The molecule has 0 radical (unpaired) electrons. The van der Waals surface area contributed by atoms with Gasteiger partial charge in [0.25, 0.3) is 0 Å². The van der Waals surface area contributed by atoms with Gasteiger partial charge in [-0.25, -0.2) is 0 Å². The van der Waals surface area contributed by atoms with Gasteiger partial charge in [-0.05, 0) is 214 Å². The van der Waals surface area contributed by atoms with Crippen LogP contribution >= 0.6 is 0 Å². The molecule has 2 heteroatoms. The Morgan fingerprint density at radius 3 is 0.500 bits per heavy atom. The van der Waals surface area contributed by atoms with Gasteiger partial charge in [0, 0.05) is 34.1 Å². The van der Waals surface area contributed by atoms with E-state index in [0.29, 0.717) is 0 Å². The van der Waals surface area contributed by atoms with Crippen LogP contribution in [0, 0.1) is 0 Å². The first-order chi connectivity index (χ1) is 39.7. The van der Waals surface area contributed by atoms with E-state index in [9.17, 15) is 0 Å². The first kappa shape index (κ1) is 44.6. The Morgan fingerprint density at radius 1 is 0.113 bits per heavy atom. The van der Waals surface area contributed by atoms with Crippen LogP contribution in [0.1, 0.15) is 0 Å². The molecule has 0 spiro atoms. The molecule has 0 amide bonds. The van der Waals surface area contributed by atoms with Crippen LogP contribution in [0.25, 0.3) is 129 Å². The number of nitrogens with zero attached hydrogens (tertiary/aromatic N) is 2. The highest BCUT2D eigenvalue weighted by Crippen LogP contribution is 2.48. The lowest BCUT2D eigenvalue weighted by Gasteiger charge is -2.27. The number of para-hydroxylation sites is 2. The normalized spacial score (nSPS) is 12.0. The van der Waals surface area contributed by atoms with Crippen LogP contribution < -0.4 is 9.80 Å². The molecule has 17 aromatic carbocycles. The van der Waals surface area contributed by atoms with E-state index in [4.69, 9.17) is 0 Å². The predicted molar refractivity (Wildman–Crippen MR) is 346 cm³/mol. The molecule has 0 saturated heterocycles. The van der Waals surface area contributed by atoms with E-state index in [1.165, 1.54) is 129 Å². The number of anilines is 6. The summed E-state index contributed by atoms with van der Waals surface area (Å²) in [5.74, 6) is 0. The molecule has 0 saturated carbocycles. The third kappa shape index (κ3) is 6.66. The predicted octanol–water partition coefficient (Wildman–Crippen LogP) is 22.5. The molecule has 2 nitrogen and oxygen atoms in total. The van der Waals surface area contributed by atoms with Crippen LogP contribution in [-0.4, -0.2) is 0 Å². The molecule has 0 unspecified atom stereocenters. The summed E-state index contributed by atoms with van der Waals surface area (Å²) in [6.07, 6.45) is 0. The lowest BCUT2D eigenvalue weighted by Crippen LogP contribution is -2.10. The van der Waals surface area contributed by atoms with Crippen LogP contribution in [-0.2, 0) is 0 Å². The molecule has 0 bridgehead atoms. The van der Waals surface area contributed by atoms with Crippen molar-refractivity contribution in [3.8, 4) is 0 Å². The maximum absolute atomic E-state index is 2.49. The molecule has 0 aliphatic heterocycles. The van der Waals surface area contributed by atoms with Gasteiger partial charge in [-0.2, -0.15) is 0 Å². The van der Waals surface area contributed by atoms with E-state index >= 15 is 0 Å².